The van der Waals surface area contributed by atoms with E-state index in [1.807, 2.05) is 13.8 Å². The first-order chi connectivity index (χ1) is 8.41. The molecule has 0 saturated heterocycles. The summed E-state index contributed by atoms with van der Waals surface area (Å²) >= 11 is 0. The lowest BCUT2D eigenvalue weighted by molar-refractivity contribution is -0.123. The fraction of sp³-hybridized carbons (Fsp3) is 0.500. The minimum Gasteiger partial charge on any atom is -0.348 e. The lowest BCUT2D eigenvalue weighted by Gasteiger charge is -2.19. The molecule has 1 aromatic rings. The lowest BCUT2D eigenvalue weighted by Crippen LogP contribution is -2.42. The van der Waals surface area contributed by atoms with Gasteiger partial charge in [0.1, 0.15) is 5.82 Å². The van der Waals surface area contributed by atoms with Gasteiger partial charge in [0.15, 0.2) is 0 Å². The number of carbonyl (C=O) groups excluding carboxylic acids is 1. The summed E-state index contributed by atoms with van der Waals surface area (Å²) in [6.07, 6.45) is 0.621. The van der Waals surface area contributed by atoms with E-state index in [1.165, 1.54) is 6.07 Å². The van der Waals surface area contributed by atoms with Crippen LogP contribution in [-0.4, -0.2) is 11.9 Å². The molecule has 0 saturated carbocycles. The first-order valence-electron chi connectivity index (χ1n) is 6.22. The highest BCUT2D eigenvalue weighted by atomic mass is 19.1. The molecule has 0 spiro atoms. The number of nitrogens with two attached hydrogens (primary N) is 1. The van der Waals surface area contributed by atoms with Crippen molar-refractivity contribution in [3.63, 3.8) is 0 Å². The summed E-state index contributed by atoms with van der Waals surface area (Å²) in [5, 5.41) is 2.74. The van der Waals surface area contributed by atoms with Crippen molar-refractivity contribution >= 4 is 5.91 Å². The molecule has 1 unspecified atom stereocenters. The maximum Gasteiger partial charge on any atom is 0.237 e. The molecule has 0 bridgehead atoms. The van der Waals surface area contributed by atoms with Crippen molar-refractivity contribution in [3.8, 4) is 0 Å². The Morgan fingerprint density at radius 2 is 1.94 bits per heavy atom. The molecule has 4 heteroatoms. The Hall–Kier alpha value is -1.42. The van der Waals surface area contributed by atoms with Crippen LogP contribution < -0.4 is 11.1 Å². The Kier molecular flexibility index (Phi) is 5.28. The summed E-state index contributed by atoms with van der Waals surface area (Å²) in [5.41, 5.74) is 6.25. The van der Waals surface area contributed by atoms with Gasteiger partial charge in [-0.15, -0.1) is 0 Å². The van der Waals surface area contributed by atoms with Crippen LogP contribution >= 0.6 is 0 Å². The van der Waals surface area contributed by atoms with Gasteiger partial charge in [0.25, 0.3) is 0 Å². The Bertz CT molecular complexity index is 407. The van der Waals surface area contributed by atoms with E-state index in [4.69, 9.17) is 5.73 Å². The Balaban J connectivity index is 2.62. The molecular formula is C14H21FN2O. The average molecular weight is 252 g/mol. The van der Waals surface area contributed by atoms with Crippen LogP contribution in [-0.2, 0) is 4.79 Å². The van der Waals surface area contributed by atoms with E-state index in [0.717, 1.165) is 0 Å². The van der Waals surface area contributed by atoms with E-state index in [-0.39, 0.29) is 17.8 Å². The third-order valence-corrected chi connectivity index (χ3v) is 2.79. The van der Waals surface area contributed by atoms with Gasteiger partial charge in [-0.25, -0.2) is 4.39 Å². The summed E-state index contributed by atoms with van der Waals surface area (Å²) in [5.74, 6) is -0.197. The van der Waals surface area contributed by atoms with Crippen LogP contribution in [0.2, 0.25) is 0 Å². The minimum atomic E-state index is -0.542. The lowest BCUT2D eigenvalue weighted by atomic mass is 10.0. The topological polar surface area (TPSA) is 55.1 Å². The van der Waals surface area contributed by atoms with Gasteiger partial charge >= 0.3 is 0 Å². The van der Waals surface area contributed by atoms with E-state index in [0.29, 0.717) is 17.9 Å². The molecule has 100 valence electrons. The molecule has 18 heavy (non-hydrogen) atoms. The van der Waals surface area contributed by atoms with E-state index in [1.54, 1.807) is 25.1 Å². The fourth-order valence-electron chi connectivity index (χ4n) is 1.84. The average Bonchev–Trinajstić information content (AvgIpc) is 2.28. The number of hydrogen-bond donors (Lipinski definition) is 2. The molecule has 1 aromatic carbocycles. The summed E-state index contributed by atoms with van der Waals surface area (Å²) in [7, 11) is 0. The zero-order chi connectivity index (χ0) is 13.7. The molecule has 0 aliphatic rings. The Labute approximate surface area is 108 Å². The molecular weight excluding hydrogens is 231 g/mol. The molecule has 0 heterocycles. The number of nitrogens with one attached hydrogen (secondary N) is 1. The first-order valence-corrected chi connectivity index (χ1v) is 6.22. The second kappa shape index (κ2) is 6.50. The van der Waals surface area contributed by atoms with E-state index < -0.39 is 6.04 Å². The van der Waals surface area contributed by atoms with Gasteiger partial charge in [-0.2, -0.15) is 0 Å². The van der Waals surface area contributed by atoms with Gasteiger partial charge in [0, 0.05) is 5.56 Å². The highest BCUT2D eigenvalue weighted by Gasteiger charge is 2.18. The highest BCUT2D eigenvalue weighted by molar-refractivity contribution is 5.81. The van der Waals surface area contributed by atoms with Gasteiger partial charge in [0.2, 0.25) is 5.91 Å². The number of amides is 1. The zero-order valence-electron chi connectivity index (χ0n) is 11.1. The van der Waals surface area contributed by atoms with Crippen molar-refractivity contribution in [2.75, 3.05) is 0 Å². The van der Waals surface area contributed by atoms with Crippen molar-refractivity contribution in [1.29, 1.82) is 0 Å². The van der Waals surface area contributed by atoms with E-state index in [9.17, 15) is 9.18 Å². The van der Waals surface area contributed by atoms with E-state index in [2.05, 4.69) is 5.32 Å². The Morgan fingerprint density at radius 1 is 1.33 bits per heavy atom. The summed E-state index contributed by atoms with van der Waals surface area (Å²) < 4.78 is 13.5. The number of rotatable bonds is 5. The van der Waals surface area contributed by atoms with Crippen LogP contribution in [0.4, 0.5) is 4.39 Å². The van der Waals surface area contributed by atoms with Crippen molar-refractivity contribution < 1.29 is 9.18 Å². The monoisotopic (exact) mass is 252 g/mol. The van der Waals surface area contributed by atoms with Crippen LogP contribution in [0.5, 0.6) is 0 Å². The highest BCUT2D eigenvalue weighted by Crippen LogP contribution is 2.16. The third kappa shape index (κ3) is 4.11. The van der Waals surface area contributed by atoms with Crippen LogP contribution in [0.1, 0.15) is 38.8 Å². The second-order valence-corrected chi connectivity index (χ2v) is 4.99. The predicted molar refractivity (Wildman–Crippen MR) is 70.4 cm³/mol. The standard InChI is InChI=1S/C14H21FN2O/c1-9(2)8-13(16)14(18)17-10(3)11-6-4-5-7-12(11)15/h4-7,9-10,13H,8,16H2,1-3H3,(H,17,18)/t10-,13?/m1/s1. The summed E-state index contributed by atoms with van der Waals surface area (Å²) in [6, 6.07) is 5.49. The fourth-order valence-corrected chi connectivity index (χ4v) is 1.84. The van der Waals surface area contributed by atoms with E-state index >= 15 is 0 Å². The van der Waals surface area contributed by atoms with Gasteiger partial charge in [-0.05, 0) is 25.3 Å². The van der Waals surface area contributed by atoms with Crippen LogP contribution in [0.15, 0.2) is 24.3 Å². The largest absolute Gasteiger partial charge is 0.348 e. The summed E-state index contributed by atoms with van der Waals surface area (Å²) in [4.78, 5) is 11.8. The number of benzene rings is 1. The van der Waals surface area contributed by atoms with Crippen LogP contribution in [0, 0.1) is 11.7 Å². The molecule has 3 nitrogen and oxygen atoms in total. The molecule has 0 aromatic heterocycles. The van der Waals surface area contributed by atoms with Gasteiger partial charge < -0.3 is 11.1 Å². The quantitative estimate of drug-likeness (QED) is 0.845. The molecule has 1 rings (SSSR count). The SMILES string of the molecule is CC(C)CC(N)C(=O)N[C@H](C)c1ccccc1F. The number of halogens is 1. The Morgan fingerprint density at radius 3 is 2.50 bits per heavy atom. The molecule has 0 fully saturated rings. The van der Waals surface area contributed by atoms with Gasteiger partial charge in [-0.3, -0.25) is 4.79 Å². The second-order valence-electron chi connectivity index (χ2n) is 4.99. The predicted octanol–water partition coefficient (Wildman–Crippen LogP) is 2.38. The minimum absolute atomic E-state index is 0.237. The third-order valence-electron chi connectivity index (χ3n) is 2.79. The molecule has 3 N–H and O–H groups in total. The first kappa shape index (κ1) is 14.6. The van der Waals surface area contributed by atoms with Crippen LogP contribution in [0.25, 0.3) is 0 Å². The molecule has 1 amide bonds. The maximum absolute atomic E-state index is 13.5. The van der Waals surface area contributed by atoms with Gasteiger partial charge in [-0.1, -0.05) is 32.0 Å². The zero-order valence-corrected chi connectivity index (χ0v) is 11.1. The normalized spacial score (nSPS) is 14.3. The maximum atomic E-state index is 13.5. The summed E-state index contributed by atoms with van der Waals surface area (Å²) in [6.45, 7) is 5.76. The van der Waals surface area contributed by atoms with Crippen molar-refractivity contribution in [3.05, 3.63) is 35.6 Å². The van der Waals surface area contributed by atoms with Gasteiger partial charge in [0.05, 0.1) is 12.1 Å². The van der Waals surface area contributed by atoms with Crippen molar-refractivity contribution in [2.45, 2.75) is 39.3 Å². The number of hydrogen-bond acceptors (Lipinski definition) is 2. The number of carbonyl (C=O) groups is 1. The molecule has 0 radical (unpaired) electrons. The molecule has 0 aliphatic heterocycles. The molecule has 0 aliphatic carbocycles. The smallest absolute Gasteiger partial charge is 0.237 e. The van der Waals surface area contributed by atoms with Crippen LogP contribution in [0.3, 0.4) is 0 Å². The van der Waals surface area contributed by atoms with Crippen molar-refractivity contribution in [2.24, 2.45) is 11.7 Å². The van der Waals surface area contributed by atoms with Crippen molar-refractivity contribution in [1.82, 2.24) is 5.32 Å². The molecule has 2 atom stereocenters.